The summed E-state index contributed by atoms with van der Waals surface area (Å²) in [7, 11) is 0. The van der Waals surface area contributed by atoms with Crippen molar-refractivity contribution in [1.82, 2.24) is 0 Å². The van der Waals surface area contributed by atoms with Gasteiger partial charge in [0.15, 0.2) is 0 Å². The second-order valence-electron chi connectivity index (χ2n) is 20.5. The normalized spacial score (nSPS) is 33.9. The van der Waals surface area contributed by atoms with Crippen molar-refractivity contribution in [3.8, 4) is 11.1 Å². The minimum absolute atomic E-state index is 0.308. The molecule has 56 heavy (non-hydrogen) atoms. The van der Waals surface area contributed by atoms with Crippen LogP contribution in [0.3, 0.4) is 0 Å². The quantitative estimate of drug-likeness (QED) is 0.155. The number of rotatable bonds is 5. The molecular weight excluding hydrogens is 673 g/mol. The van der Waals surface area contributed by atoms with Gasteiger partial charge in [0.2, 0.25) is 0 Å². The monoisotopic (exact) mass is 724 g/mol. The van der Waals surface area contributed by atoms with Gasteiger partial charge in [0, 0.05) is 0 Å². The molecule has 8 saturated carbocycles. The maximum atomic E-state index is 2.59. The Morgan fingerprint density at radius 2 is 0.679 bits per heavy atom. The highest BCUT2D eigenvalue weighted by Gasteiger charge is 2.60. The third-order valence-corrected chi connectivity index (χ3v) is 17.2. The Kier molecular flexibility index (Phi) is 6.64. The highest BCUT2D eigenvalue weighted by Crippen LogP contribution is 2.68. The first kappa shape index (κ1) is 32.4. The zero-order chi connectivity index (χ0) is 36.7. The summed E-state index contributed by atoms with van der Waals surface area (Å²) in [6, 6.07) is 57.6. The van der Waals surface area contributed by atoms with E-state index in [1.54, 1.807) is 22.3 Å². The van der Waals surface area contributed by atoms with Crippen molar-refractivity contribution in [2.75, 3.05) is 0 Å². The smallest absolute Gasteiger partial charge is 0.00330 e. The molecule has 0 amide bonds. The Labute approximate surface area is 332 Å². The van der Waals surface area contributed by atoms with E-state index in [9.17, 15) is 0 Å². The molecule has 0 N–H and O–H groups in total. The number of benzene rings is 7. The van der Waals surface area contributed by atoms with Crippen molar-refractivity contribution in [2.24, 2.45) is 23.7 Å². The van der Waals surface area contributed by atoms with E-state index in [1.165, 1.54) is 120 Å². The van der Waals surface area contributed by atoms with Crippen LogP contribution in [0.15, 0.2) is 146 Å². The molecule has 0 radical (unpaired) electrons. The average Bonchev–Trinajstić information content (AvgIpc) is 3.22. The van der Waals surface area contributed by atoms with Crippen LogP contribution in [0.4, 0.5) is 0 Å². The molecule has 0 heterocycles. The Hall–Kier alpha value is -4.68. The molecular formula is C56H52. The molecule has 0 aromatic heterocycles. The number of fused-ring (bicyclic) bond motifs is 4. The average molecular weight is 725 g/mol. The molecule has 8 aliphatic carbocycles. The fraction of sp³-hybridized carbons (Fsp3) is 0.357. The SMILES string of the molecule is c1ccc2cc(C34C[C@@H]5C[C@@H](CC(c6ccc(-c7ccc(C89C[C@H]%10C[C@@H](C8)CC(c8ccc%11c(ccc%12ccccc%12%11)c8)(C%10)C9)cc7)cc6)(C5)C3)C4)ccc2c1. The zero-order valence-electron chi connectivity index (χ0n) is 32.7. The molecule has 8 aliphatic rings. The summed E-state index contributed by atoms with van der Waals surface area (Å²) >= 11 is 0. The lowest BCUT2D eigenvalue weighted by Crippen LogP contribution is -2.55. The maximum Gasteiger partial charge on any atom is -0.00330 e. The van der Waals surface area contributed by atoms with Crippen LogP contribution in [0.1, 0.15) is 99.3 Å². The van der Waals surface area contributed by atoms with Crippen LogP contribution < -0.4 is 0 Å². The van der Waals surface area contributed by atoms with E-state index >= 15 is 0 Å². The third kappa shape index (κ3) is 4.71. The first-order chi connectivity index (χ1) is 27.4. The molecule has 0 saturated heterocycles. The van der Waals surface area contributed by atoms with Gasteiger partial charge in [-0.15, -0.1) is 0 Å². The van der Waals surface area contributed by atoms with Crippen LogP contribution in [0.5, 0.6) is 0 Å². The number of hydrogen-bond acceptors (Lipinski definition) is 0. The van der Waals surface area contributed by atoms with Crippen LogP contribution in [-0.4, -0.2) is 0 Å². The van der Waals surface area contributed by atoms with Crippen LogP contribution in [0, 0.1) is 23.7 Å². The van der Waals surface area contributed by atoms with E-state index in [-0.39, 0.29) is 0 Å². The third-order valence-electron chi connectivity index (χ3n) is 17.2. The van der Waals surface area contributed by atoms with Crippen molar-refractivity contribution >= 4 is 32.3 Å². The van der Waals surface area contributed by atoms with E-state index in [0.717, 1.165) is 23.7 Å². The maximum absolute atomic E-state index is 2.59. The molecule has 0 spiro atoms. The first-order valence-corrected chi connectivity index (χ1v) is 22.1. The van der Waals surface area contributed by atoms with Gasteiger partial charge >= 0.3 is 0 Å². The fourth-order valence-corrected chi connectivity index (χ4v) is 15.8. The van der Waals surface area contributed by atoms with Crippen LogP contribution in [-0.2, 0) is 21.7 Å². The number of hydrogen-bond donors (Lipinski definition) is 0. The summed E-state index contributed by atoms with van der Waals surface area (Å²) in [6.07, 6.45) is 16.6. The largest absolute Gasteiger partial charge is 0.0616 e. The van der Waals surface area contributed by atoms with E-state index < -0.39 is 0 Å². The minimum Gasteiger partial charge on any atom is -0.0616 e. The summed E-state index contributed by atoms with van der Waals surface area (Å²) in [5, 5.41) is 8.32. The second kappa shape index (κ2) is 11.5. The molecule has 7 aromatic carbocycles. The second-order valence-corrected chi connectivity index (χ2v) is 20.5. The molecule has 4 unspecified atom stereocenters. The van der Waals surface area contributed by atoms with E-state index in [0.29, 0.717) is 21.7 Å². The van der Waals surface area contributed by atoms with Crippen molar-refractivity contribution in [3.05, 3.63) is 168 Å². The molecule has 0 heteroatoms. The van der Waals surface area contributed by atoms with Crippen LogP contribution >= 0.6 is 0 Å². The summed E-state index contributed by atoms with van der Waals surface area (Å²) in [6.45, 7) is 0. The molecule has 8 fully saturated rings. The summed E-state index contributed by atoms with van der Waals surface area (Å²) < 4.78 is 0. The highest BCUT2D eigenvalue weighted by atomic mass is 14.6. The molecule has 8 atom stereocenters. The van der Waals surface area contributed by atoms with Gasteiger partial charge in [-0.2, -0.15) is 0 Å². The molecule has 8 bridgehead atoms. The Morgan fingerprint density at radius 3 is 1.23 bits per heavy atom. The fourth-order valence-electron chi connectivity index (χ4n) is 15.8. The summed E-state index contributed by atoms with van der Waals surface area (Å²) in [4.78, 5) is 0. The van der Waals surface area contributed by atoms with Crippen molar-refractivity contribution in [2.45, 2.75) is 98.7 Å². The van der Waals surface area contributed by atoms with Gasteiger partial charge in [0.05, 0.1) is 0 Å². The first-order valence-electron chi connectivity index (χ1n) is 22.1. The molecule has 15 rings (SSSR count). The summed E-state index contributed by atoms with van der Waals surface area (Å²) in [5.74, 6) is 3.42. The molecule has 0 nitrogen and oxygen atoms in total. The van der Waals surface area contributed by atoms with Gasteiger partial charge in [0.1, 0.15) is 0 Å². The predicted molar refractivity (Wildman–Crippen MR) is 233 cm³/mol. The van der Waals surface area contributed by atoms with Crippen molar-refractivity contribution < 1.29 is 0 Å². The van der Waals surface area contributed by atoms with Crippen molar-refractivity contribution in [3.63, 3.8) is 0 Å². The van der Waals surface area contributed by atoms with E-state index in [4.69, 9.17) is 0 Å². The molecule has 276 valence electrons. The minimum atomic E-state index is 0.308. The van der Waals surface area contributed by atoms with Gasteiger partial charge in [-0.3, -0.25) is 0 Å². The molecule has 7 aromatic rings. The predicted octanol–water partition coefficient (Wildman–Crippen LogP) is 14.4. The zero-order valence-corrected chi connectivity index (χ0v) is 32.7. The van der Waals surface area contributed by atoms with Gasteiger partial charge < -0.3 is 0 Å². The molecule has 0 aliphatic heterocycles. The summed E-state index contributed by atoms with van der Waals surface area (Å²) in [5.41, 5.74) is 10.5. The van der Waals surface area contributed by atoms with Crippen LogP contribution in [0.2, 0.25) is 0 Å². The lowest BCUT2D eigenvalue weighted by Gasteiger charge is -2.63. The Bertz CT molecular complexity index is 2670. The van der Waals surface area contributed by atoms with Crippen molar-refractivity contribution in [1.29, 1.82) is 0 Å². The van der Waals surface area contributed by atoms with Gasteiger partial charge in [-0.25, -0.2) is 0 Å². The van der Waals surface area contributed by atoms with E-state index in [1.807, 2.05) is 0 Å². The highest BCUT2D eigenvalue weighted by molar-refractivity contribution is 6.07. The van der Waals surface area contributed by atoms with Gasteiger partial charge in [-0.1, -0.05) is 146 Å². The van der Waals surface area contributed by atoms with Gasteiger partial charge in [-0.05, 0) is 188 Å². The van der Waals surface area contributed by atoms with Crippen LogP contribution in [0.25, 0.3) is 43.4 Å². The standard InChI is InChI=1S/C56H52/c1-2-7-45-25-49(20-15-41(45)5-1)55-31-37-23-38(32-55)28-53(27-37,35-55)47-16-11-42(12-17-47)43-13-18-48(19-14-43)54-29-39-24-40(30-54)34-56(33-39,36-54)50-21-22-52-46(26-50)10-9-44-6-3-4-8-51(44)52/h1-22,25-26,37-40H,23-24,27-36H2/t37-,38+,39-,40+,53?,54?,55?,56?. The lowest BCUT2D eigenvalue weighted by molar-refractivity contribution is -0.0282. The van der Waals surface area contributed by atoms with Gasteiger partial charge in [0.25, 0.3) is 0 Å². The lowest BCUT2D eigenvalue weighted by atomic mass is 9.41. The Morgan fingerprint density at radius 1 is 0.304 bits per heavy atom. The topological polar surface area (TPSA) is 0 Å². The Balaban J connectivity index is 0.787. The van der Waals surface area contributed by atoms with E-state index in [2.05, 4.69) is 146 Å².